The van der Waals surface area contributed by atoms with Crippen molar-refractivity contribution in [2.24, 2.45) is 5.92 Å². The third-order valence-corrected chi connectivity index (χ3v) is 4.39. The standard InChI is InChI=1S/C16H18N4.H2/c1-2-4-12(5-3-1)16-18-9-7-15(19-16)20-11-13-6-8-17-10-14(13)20;/h1-5,7,9,13-14,17H,6,8,10-11H2;1H/t13-,14-;/m0./s1. The van der Waals surface area contributed by atoms with Gasteiger partial charge in [-0.2, -0.15) is 0 Å². The van der Waals surface area contributed by atoms with Crippen molar-refractivity contribution in [2.45, 2.75) is 12.5 Å². The summed E-state index contributed by atoms with van der Waals surface area (Å²) in [5.41, 5.74) is 1.08. The summed E-state index contributed by atoms with van der Waals surface area (Å²) in [5.74, 6) is 2.71. The van der Waals surface area contributed by atoms with Crippen LogP contribution in [0.3, 0.4) is 0 Å². The van der Waals surface area contributed by atoms with Gasteiger partial charge in [0.1, 0.15) is 5.82 Å². The topological polar surface area (TPSA) is 41.1 Å². The van der Waals surface area contributed by atoms with E-state index < -0.39 is 0 Å². The van der Waals surface area contributed by atoms with Crippen molar-refractivity contribution in [3.63, 3.8) is 0 Å². The minimum Gasteiger partial charge on any atom is -0.352 e. The Morgan fingerprint density at radius 2 is 2.10 bits per heavy atom. The molecule has 2 fully saturated rings. The van der Waals surface area contributed by atoms with E-state index in [0.717, 1.165) is 42.8 Å². The van der Waals surface area contributed by atoms with Crippen molar-refractivity contribution in [3.8, 4) is 11.4 Å². The monoisotopic (exact) mass is 268 g/mol. The molecule has 2 saturated heterocycles. The van der Waals surface area contributed by atoms with Gasteiger partial charge in [-0.15, -0.1) is 0 Å². The van der Waals surface area contributed by atoms with Gasteiger partial charge in [0.05, 0.1) is 0 Å². The predicted molar refractivity (Wildman–Crippen MR) is 81.7 cm³/mol. The summed E-state index contributed by atoms with van der Waals surface area (Å²) in [6.45, 7) is 3.38. The molecular weight excluding hydrogens is 248 g/mol. The third kappa shape index (κ3) is 1.96. The SMILES string of the molecule is [HH].c1ccc(-c2nccc(N3C[C@@H]4CCNC[C@@H]43)n2)cc1. The third-order valence-electron chi connectivity index (χ3n) is 4.39. The highest BCUT2D eigenvalue weighted by atomic mass is 15.3. The number of fused-ring (bicyclic) bond motifs is 1. The molecular formula is C16H20N4. The molecule has 1 N–H and O–H groups in total. The summed E-state index contributed by atoms with van der Waals surface area (Å²) < 4.78 is 0. The van der Waals surface area contributed by atoms with E-state index in [4.69, 9.17) is 4.98 Å². The number of anilines is 1. The Kier molecular flexibility index (Phi) is 2.89. The van der Waals surface area contributed by atoms with Crippen molar-refractivity contribution in [2.75, 3.05) is 24.5 Å². The van der Waals surface area contributed by atoms with E-state index in [-0.39, 0.29) is 1.43 Å². The maximum atomic E-state index is 4.74. The second kappa shape index (κ2) is 4.87. The summed E-state index contributed by atoms with van der Waals surface area (Å²) in [5, 5.41) is 3.48. The number of hydrogen-bond donors (Lipinski definition) is 1. The largest absolute Gasteiger partial charge is 0.352 e. The molecule has 4 rings (SSSR count). The molecule has 2 atom stereocenters. The lowest BCUT2D eigenvalue weighted by Gasteiger charge is -2.51. The summed E-state index contributed by atoms with van der Waals surface area (Å²) in [6, 6.07) is 12.8. The Balaban J connectivity index is 0.00000132. The van der Waals surface area contributed by atoms with Gasteiger partial charge >= 0.3 is 0 Å². The smallest absolute Gasteiger partial charge is 0.161 e. The zero-order valence-corrected chi connectivity index (χ0v) is 11.4. The molecule has 0 unspecified atom stereocenters. The number of hydrogen-bond acceptors (Lipinski definition) is 4. The number of nitrogens with one attached hydrogen (secondary N) is 1. The maximum absolute atomic E-state index is 4.74. The summed E-state index contributed by atoms with van der Waals surface area (Å²) in [6.07, 6.45) is 3.16. The Labute approximate surface area is 120 Å². The minimum absolute atomic E-state index is 0. The van der Waals surface area contributed by atoms with E-state index >= 15 is 0 Å². The van der Waals surface area contributed by atoms with Crippen LogP contribution in [0.25, 0.3) is 11.4 Å². The number of piperidine rings is 1. The molecule has 0 spiro atoms. The van der Waals surface area contributed by atoms with Crippen LogP contribution in [0.4, 0.5) is 5.82 Å². The fourth-order valence-corrected chi connectivity index (χ4v) is 3.22. The molecule has 1 aromatic heterocycles. The van der Waals surface area contributed by atoms with Crippen molar-refractivity contribution >= 4 is 5.82 Å². The average Bonchev–Trinajstić information content (AvgIpc) is 2.50. The van der Waals surface area contributed by atoms with Crippen LogP contribution in [-0.4, -0.2) is 35.6 Å². The summed E-state index contributed by atoms with van der Waals surface area (Å²) in [7, 11) is 0. The highest BCUT2D eigenvalue weighted by Crippen LogP contribution is 2.33. The molecule has 104 valence electrons. The van der Waals surface area contributed by atoms with Crippen LogP contribution in [0.15, 0.2) is 42.6 Å². The van der Waals surface area contributed by atoms with Gasteiger partial charge in [0.2, 0.25) is 0 Å². The molecule has 2 aliphatic rings. The zero-order chi connectivity index (χ0) is 13.4. The van der Waals surface area contributed by atoms with Crippen LogP contribution in [0.2, 0.25) is 0 Å². The van der Waals surface area contributed by atoms with Gasteiger partial charge in [-0.25, -0.2) is 9.97 Å². The molecule has 3 heterocycles. The lowest BCUT2D eigenvalue weighted by molar-refractivity contribution is 0.227. The van der Waals surface area contributed by atoms with E-state index in [1.165, 1.54) is 6.42 Å². The van der Waals surface area contributed by atoms with Gasteiger partial charge in [0.15, 0.2) is 5.82 Å². The molecule has 0 saturated carbocycles. The quantitative estimate of drug-likeness (QED) is 0.906. The first-order chi connectivity index (χ1) is 9.92. The van der Waals surface area contributed by atoms with E-state index in [1.54, 1.807) is 0 Å². The van der Waals surface area contributed by atoms with E-state index in [1.807, 2.05) is 30.5 Å². The van der Waals surface area contributed by atoms with Crippen LogP contribution < -0.4 is 10.2 Å². The summed E-state index contributed by atoms with van der Waals surface area (Å²) in [4.78, 5) is 11.6. The van der Waals surface area contributed by atoms with Crippen LogP contribution in [-0.2, 0) is 0 Å². The number of benzene rings is 1. The van der Waals surface area contributed by atoms with Crippen LogP contribution in [0, 0.1) is 5.92 Å². The first kappa shape index (κ1) is 11.9. The first-order valence-electron chi connectivity index (χ1n) is 7.27. The summed E-state index contributed by atoms with van der Waals surface area (Å²) >= 11 is 0. The first-order valence-corrected chi connectivity index (χ1v) is 7.27. The van der Waals surface area contributed by atoms with Crippen molar-refractivity contribution in [1.82, 2.24) is 15.3 Å². The van der Waals surface area contributed by atoms with Crippen molar-refractivity contribution in [1.29, 1.82) is 0 Å². The van der Waals surface area contributed by atoms with Gasteiger partial charge in [-0.1, -0.05) is 30.3 Å². The Hall–Kier alpha value is -1.94. The van der Waals surface area contributed by atoms with Gasteiger partial charge in [0, 0.05) is 32.3 Å². The lowest BCUT2D eigenvalue weighted by Crippen LogP contribution is -2.64. The Morgan fingerprint density at radius 1 is 1.20 bits per heavy atom. The maximum Gasteiger partial charge on any atom is 0.161 e. The predicted octanol–water partition coefficient (Wildman–Crippen LogP) is 2.19. The zero-order valence-electron chi connectivity index (χ0n) is 11.4. The van der Waals surface area contributed by atoms with Crippen molar-refractivity contribution < 1.29 is 1.43 Å². The second-order valence-corrected chi connectivity index (χ2v) is 5.58. The Bertz CT molecular complexity index is 604. The minimum atomic E-state index is 0. The van der Waals surface area contributed by atoms with E-state index in [2.05, 4.69) is 27.3 Å². The second-order valence-electron chi connectivity index (χ2n) is 5.58. The number of rotatable bonds is 2. The fraction of sp³-hybridized carbons (Fsp3) is 0.375. The molecule has 2 aromatic rings. The molecule has 1 aromatic carbocycles. The molecule has 0 bridgehead atoms. The normalized spacial score (nSPS) is 24.9. The van der Waals surface area contributed by atoms with Gasteiger partial charge in [-0.05, 0) is 24.9 Å². The van der Waals surface area contributed by atoms with Crippen LogP contribution >= 0.6 is 0 Å². The molecule has 4 nitrogen and oxygen atoms in total. The molecule has 4 heteroatoms. The highest BCUT2D eigenvalue weighted by molar-refractivity contribution is 5.57. The fourth-order valence-electron chi connectivity index (χ4n) is 3.22. The van der Waals surface area contributed by atoms with E-state index in [0.29, 0.717) is 6.04 Å². The Morgan fingerprint density at radius 3 is 2.95 bits per heavy atom. The highest BCUT2D eigenvalue weighted by Gasteiger charge is 2.40. The molecule has 0 radical (unpaired) electrons. The number of aromatic nitrogens is 2. The molecule has 2 aliphatic heterocycles. The average molecular weight is 268 g/mol. The van der Waals surface area contributed by atoms with Crippen LogP contribution in [0.1, 0.15) is 7.85 Å². The van der Waals surface area contributed by atoms with E-state index in [9.17, 15) is 0 Å². The van der Waals surface area contributed by atoms with Crippen molar-refractivity contribution in [3.05, 3.63) is 42.6 Å². The number of nitrogens with zero attached hydrogens (tertiary/aromatic N) is 3. The van der Waals surface area contributed by atoms with Gasteiger partial charge in [-0.3, -0.25) is 0 Å². The lowest BCUT2D eigenvalue weighted by atomic mass is 9.83. The van der Waals surface area contributed by atoms with Crippen LogP contribution in [0.5, 0.6) is 0 Å². The van der Waals surface area contributed by atoms with Gasteiger partial charge < -0.3 is 10.2 Å². The molecule has 20 heavy (non-hydrogen) atoms. The van der Waals surface area contributed by atoms with Gasteiger partial charge in [0.25, 0.3) is 0 Å². The molecule has 0 amide bonds. The molecule has 0 aliphatic carbocycles.